The normalized spacial score (nSPS) is 12.2. The van der Waals surface area contributed by atoms with Crippen molar-refractivity contribution in [2.45, 2.75) is 17.9 Å². The minimum absolute atomic E-state index is 0.491. The molecule has 0 unspecified atom stereocenters. The number of rotatable bonds is 4. The zero-order valence-electron chi connectivity index (χ0n) is 10.3. The Balaban J connectivity index is 2.15. The van der Waals surface area contributed by atoms with E-state index in [1.807, 2.05) is 30.5 Å². The fourth-order valence-electron chi connectivity index (χ4n) is 1.50. The summed E-state index contributed by atoms with van der Waals surface area (Å²) in [7, 11) is 0. The molecular formula is C14H15NO2S. The molecule has 0 spiro atoms. The van der Waals surface area contributed by atoms with Crippen molar-refractivity contribution < 1.29 is 9.84 Å². The highest BCUT2D eigenvalue weighted by atomic mass is 32.2. The zero-order valence-corrected chi connectivity index (χ0v) is 11.1. The number of ether oxygens (including phenoxy) is 1. The quantitative estimate of drug-likeness (QED) is 0.853. The van der Waals surface area contributed by atoms with Crippen LogP contribution in [0.3, 0.4) is 0 Å². The third kappa shape index (κ3) is 3.24. The molecule has 1 aromatic carbocycles. The number of nitrogens with zero attached hydrogens (tertiary/aromatic N) is 1. The first-order valence-corrected chi connectivity index (χ1v) is 6.87. The van der Waals surface area contributed by atoms with E-state index in [4.69, 9.17) is 4.74 Å². The van der Waals surface area contributed by atoms with E-state index in [0.717, 1.165) is 11.3 Å². The minimum Gasteiger partial charge on any atom is -0.439 e. The van der Waals surface area contributed by atoms with E-state index >= 15 is 0 Å². The molecule has 0 aliphatic rings. The second kappa shape index (κ2) is 5.89. The smallest absolute Gasteiger partial charge is 0.219 e. The molecule has 2 aromatic rings. The largest absolute Gasteiger partial charge is 0.439 e. The number of thioether (sulfide) groups is 1. The third-order valence-corrected chi connectivity index (χ3v) is 3.27. The van der Waals surface area contributed by atoms with E-state index < -0.39 is 6.10 Å². The van der Waals surface area contributed by atoms with Crippen LogP contribution in [0.4, 0.5) is 0 Å². The maximum atomic E-state index is 9.50. The van der Waals surface area contributed by atoms with Crippen LogP contribution in [0, 0.1) is 0 Å². The van der Waals surface area contributed by atoms with Crippen LogP contribution in [0.15, 0.2) is 47.5 Å². The molecule has 1 aromatic heterocycles. The zero-order chi connectivity index (χ0) is 13.0. The van der Waals surface area contributed by atoms with Crippen molar-refractivity contribution >= 4 is 11.8 Å². The second-order valence-electron chi connectivity index (χ2n) is 3.88. The maximum Gasteiger partial charge on any atom is 0.219 e. The number of aliphatic hydroxyl groups is 1. The van der Waals surface area contributed by atoms with Gasteiger partial charge in [-0.1, -0.05) is 0 Å². The van der Waals surface area contributed by atoms with Crippen LogP contribution in [-0.2, 0) is 0 Å². The van der Waals surface area contributed by atoms with Crippen molar-refractivity contribution in [3.05, 3.63) is 48.2 Å². The molecule has 0 fully saturated rings. The minimum atomic E-state index is -0.519. The van der Waals surface area contributed by atoms with Crippen molar-refractivity contribution in [2.24, 2.45) is 0 Å². The monoisotopic (exact) mass is 261 g/mol. The lowest BCUT2D eigenvalue weighted by atomic mass is 10.2. The molecule has 1 N–H and O–H groups in total. The first-order chi connectivity index (χ1) is 8.69. The molecule has 0 radical (unpaired) electrons. The van der Waals surface area contributed by atoms with E-state index in [0.29, 0.717) is 5.88 Å². The average molecular weight is 261 g/mol. The maximum absolute atomic E-state index is 9.50. The lowest BCUT2D eigenvalue weighted by molar-refractivity contribution is 0.198. The van der Waals surface area contributed by atoms with Gasteiger partial charge in [0.05, 0.1) is 6.10 Å². The summed E-state index contributed by atoms with van der Waals surface area (Å²) in [6.45, 7) is 1.71. The van der Waals surface area contributed by atoms with Gasteiger partial charge >= 0.3 is 0 Å². The van der Waals surface area contributed by atoms with Crippen LogP contribution >= 0.6 is 11.8 Å². The molecule has 0 amide bonds. The molecule has 0 bridgehead atoms. The van der Waals surface area contributed by atoms with Gasteiger partial charge in [0.2, 0.25) is 5.88 Å². The van der Waals surface area contributed by atoms with Gasteiger partial charge in [-0.15, -0.1) is 11.8 Å². The first kappa shape index (κ1) is 12.9. The van der Waals surface area contributed by atoms with E-state index in [1.54, 1.807) is 37.0 Å². The van der Waals surface area contributed by atoms with Crippen molar-refractivity contribution in [3.63, 3.8) is 0 Å². The Morgan fingerprint density at radius 1 is 1.22 bits per heavy atom. The van der Waals surface area contributed by atoms with Crippen LogP contribution in [0.1, 0.15) is 18.6 Å². The molecule has 0 saturated heterocycles. The summed E-state index contributed by atoms with van der Waals surface area (Å²) < 4.78 is 5.64. The molecule has 2 rings (SSSR count). The van der Waals surface area contributed by atoms with Gasteiger partial charge in [0, 0.05) is 17.2 Å². The Morgan fingerprint density at radius 3 is 2.56 bits per heavy atom. The standard InChI is InChI=1S/C14H15NO2S/c1-10(16)11-7-8-15-14(9-11)17-12-3-5-13(18-2)6-4-12/h3-10,16H,1-2H3/t10-/m0/s1. The van der Waals surface area contributed by atoms with Gasteiger partial charge < -0.3 is 9.84 Å². The van der Waals surface area contributed by atoms with Crippen LogP contribution in [0.2, 0.25) is 0 Å². The van der Waals surface area contributed by atoms with Crippen LogP contribution in [0.5, 0.6) is 11.6 Å². The lowest BCUT2D eigenvalue weighted by Crippen LogP contribution is -1.94. The predicted octanol–water partition coefficient (Wildman–Crippen LogP) is 3.65. The summed E-state index contributed by atoms with van der Waals surface area (Å²) >= 11 is 1.69. The van der Waals surface area contributed by atoms with E-state index in [9.17, 15) is 5.11 Å². The van der Waals surface area contributed by atoms with Gasteiger partial charge in [-0.25, -0.2) is 4.98 Å². The SMILES string of the molecule is CSc1ccc(Oc2cc([C@H](C)O)ccn2)cc1. The molecular weight excluding hydrogens is 246 g/mol. The van der Waals surface area contributed by atoms with Gasteiger partial charge in [0.1, 0.15) is 5.75 Å². The Morgan fingerprint density at radius 2 is 1.94 bits per heavy atom. The van der Waals surface area contributed by atoms with Crippen molar-refractivity contribution in [1.29, 1.82) is 0 Å². The molecule has 0 aliphatic carbocycles. The number of benzene rings is 1. The van der Waals surface area contributed by atoms with Crippen molar-refractivity contribution in [2.75, 3.05) is 6.26 Å². The highest BCUT2D eigenvalue weighted by Crippen LogP contribution is 2.24. The second-order valence-corrected chi connectivity index (χ2v) is 4.76. The Labute approximate surface area is 111 Å². The van der Waals surface area contributed by atoms with Crippen molar-refractivity contribution in [3.8, 4) is 11.6 Å². The molecule has 18 heavy (non-hydrogen) atoms. The molecule has 0 aliphatic heterocycles. The number of pyridine rings is 1. The van der Waals surface area contributed by atoms with E-state index in [2.05, 4.69) is 4.98 Å². The summed E-state index contributed by atoms with van der Waals surface area (Å²) in [6.07, 6.45) is 3.14. The number of aromatic nitrogens is 1. The summed E-state index contributed by atoms with van der Waals surface area (Å²) in [5, 5.41) is 9.50. The van der Waals surface area contributed by atoms with Gasteiger partial charge in [-0.05, 0) is 49.1 Å². The Hall–Kier alpha value is -1.52. The van der Waals surface area contributed by atoms with Crippen molar-refractivity contribution in [1.82, 2.24) is 4.98 Å². The number of aliphatic hydroxyl groups excluding tert-OH is 1. The molecule has 4 heteroatoms. The Kier molecular flexibility index (Phi) is 4.23. The predicted molar refractivity (Wildman–Crippen MR) is 73.2 cm³/mol. The summed E-state index contributed by atoms with van der Waals surface area (Å²) in [6, 6.07) is 11.3. The lowest BCUT2D eigenvalue weighted by Gasteiger charge is -2.08. The molecule has 0 saturated carbocycles. The fourth-order valence-corrected chi connectivity index (χ4v) is 1.91. The fraction of sp³-hybridized carbons (Fsp3) is 0.214. The molecule has 3 nitrogen and oxygen atoms in total. The number of hydrogen-bond donors (Lipinski definition) is 1. The van der Waals surface area contributed by atoms with Gasteiger partial charge in [-0.3, -0.25) is 0 Å². The van der Waals surface area contributed by atoms with Crippen LogP contribution < -0.4 is 4.74 Å². The van der Waals surface area contributed by atoms with Gasteiger partial charge in [0.15, 0.2) is 0 Å². The average Bonchev–Trinajstić information content (AvgIpc) is 2.40. The highest BCUT2D eigenvalue weighted by molar-refractivity contribution is 7.98. The molecule has 1 heterocycles. The van der Waals surface area contributed by atoms with E-state index in [-0.39, 0.29) is 0 Å². The van der Waals surface area contributed by atoms with Crippen LogP contribution in [0.25, 0.3) is 0 Å². The van der Waals surface area contributed by atoms with E-state index in [1.165, 1.54) is 4.90 Å². The topological polar surface area (TPSA) is 42.4 Å². The third-order valence-electron chi connectivity index (χ3n) is 2.52. The van der Waals surface area contributed by atoms with Crippen LogP contribution in [-0.4, -0.2) is 16.3 Å². The molecule has 1 atom stereocenters. The number of hydrogen-bond acceptors (Lipinski definition) is 4. The summed E-state index contributed by atoms with van der Waals surface area (Å²) in [5.41, 5.74) is 0.792. The highest BCUT2D eigenvalue weighted by Gasteiger charge is 2.04. The first-order valence-electron chi connectivity index (χ1n) is 5.65. The summed E-state index contributed by atoms with van der Waals surface area (Å²) in [5.74, 6) is 1.23. The van der Waals surface area contributed by atoms with Gasteiger partial charge in [0.25, 0.3) is 0 Å². The van der Waals surface area contributed by atoms with Gasteiger partial charge in [-0.2, -0.15) is 0 Å². The Bertz CT molecular complexity index is 511. The molecule has 94 valence electrons. The summed E-state index contributed by atoms with van der Waals surface area (Å²) in [4.78, 5) is 5.31.